The second-order valence-electron chi connectivity index (χ2n) is 5.43. The Balaban J connectivity index is 1.72. The maximum Gasteiger partial charge on any atom is 0.407 e. The molecular formula is C17H19N3O6. The molecule has 0 bridgehead atoms. The van der Waals surface area contributed by atoms with Gasteiger partial charge in [0, 0.05) is 24.5 Å². The number of benzene rings is 1. The molecule has 1 heterocycles. The van der Waals surface area contributed by atoms with Crippen LogP contribution in [0.15, 0.2) is 42.7 Å². The summed E-state index contributed by atoms with van der Waals surface area (Å²) >= 11 is 0. The van der Waals surface area contributed by atoms with Crippen molar-refractivity contribution in [2.45, 2.75) is 25.2 Å². The second-order valence-corrected chi connectivity index (χ2v) is 5.43. The molecule has 1 amide bonds. The number of carboxylic acids is 1. The zero-order valence-corrected chi connectivity index (χ0v) is 13.8. The van der Waals surface area contributed by atoms with Crippen molar-refractivity contribution in [1.29, 1.82) is 0 Å². The molecule has 0 aliphatic rings. The van der Waals surface area contributed by atoms with E-state index in [1.807, 2.05) is 30.3 Å². The highest BCUT2D eigenvalue weighted by molar-refractivity contribution is 5.82. The molecule has 2 unspecified atom stereocenters. The van der Waals surface area contributed by atoms with Crippen molar-refractivity contribution in [3.8, 4) is 0 Å². The number of nitrogens with one attached hydrogen (secondary N) is 1. The molecule has 0 saturated carbocycles. The quantitative estimate of drug-likeness (QED) is 0.543. The number of hydrogen-bond acceptors (Lipinski definition) is 7. The number of nitrogens with zero attached hydrogens (tertiary/aromatic N) is 2. The number of aliphatic hydroxyl groups excluding tert-OH is 2. The molecule has 9 nitrogen and oxygen atoms in total. The number of hydrogen-bond donors (Lipinski definition) is 4. The maximum atomic E-state index is 11.6. The molecule has 0 saturated heterocycles. The highest BCUT2D eigenvalue weighted by Gasteiger charge is 2.20. The van der Waals surface area contributed by atoms with E-state index in [4.69, 9.17) is 9.84 Å². The van der Waals surface area contributed by atoms with Gasteiger partial charge < -0.3 is 25.4 Å². The molecule has 0 spiro atoms. The molecule has 0 aliphatic heterocycles. The van der Waals surface area contributed by atoms with E-state index in [9.17, 15) is 19.8 Å². The van der Waals surface area contributed by atoms with Crippen LogP contribution in [0.1, 0.15) is 34.3 Å². The number of alkyl carbamates (subject to hydrolysis) is 1. The van der Waals surface area contributed by atoms with Crippen LogP contribution in [0, 0.1) is 0 Å². The Labute approximate surface area is 149 Å². The summed E-state index contributed by atoms with van der Waals surface area (Å²) in [4.78, 5) is 29.4. The Kier molecular flexibility index (Phi) is 7.01. The molecular weight excluding hydrogens is 342 g/mol. The summed E-state index contributed by atoms with van der Waals surface area (Å²) in [7, 11) is 0. The summed E-state index contributed by atoms with van der Waals surface area (Å²) in [6, 6.07) is 9.18. The third kappa shape index (κ3) is 5.80. The smallest absolute Gasteiger partial charge is 0.407 e. The molecule has 138 valence electrons. The fourth-order valence-electron chi connectivity index (χ4n) is 2.08. The van der Waals surface area contributed by atoms with E-state index in [-0.39, 0.29) is 25.1 Å². The zero-order chi connectivity index (χ0) is 18.9. The lowest BCUT2D eigenvalue weighted by atomic mass is 10.1. The van der Waals surface area contributed by atoms with E-state index < -0.39 is 30.1 Å². The number of rotatable bonds is 8. The van der Waals surface area contributed by atoms with Crippen LogP contribution in [0.2, 0.25) is 0 Å². The predicted molar refractivity (Wildman–Crippen MR) is 89.2 cm³/mol. The number of carbonyl (C=O) groups excluding carboxylic acids is 1. The van der Waals surface area contributed by atoms with Crippen molar-refractivity contribution in [3.63, 3.8) is 0 Å². The minimum atomic E-state index is -1.31. The van der Waals surface area contributed by atoms with Gasteiger partial charge in [-0.3, -0.25) is 0 Å². The van der Waals surface area contributed by atoms with Crippen LogP contribution in [0.5, 0.6) is 0 Å². The highest BCUT2D eigenvalue weighted by Crippen LogP contribution is 2.17. The van der Waals surface area contributed by atoms with Crippen LogP contribution in [0.3, 0.4) is 0 Å². The maximum absolute atomic E-state index is 11.6. The monoisotopic (exact) mass is 361 g/mol. The van der Waals surface area contributed by atoms with Crippen LogP contribution >= 0.6 is 0 Å². The van der Waals surface area contributed by atoms with E-state index in [2.05, 4.69) is 15.3 Å². The first-order valence-corrected chi connectivity index (χ1v) is 7.83. The molecule has 26 heavy (non-hydrogen) atoms. The van der Waals surface area contributed by atoms with Crippen molar-refractivity contribution in [2.75, 3.05) is 6.54 Å². The van der Waals surface area contributed by atoms with Gasteiger partial charge in [-0.1, -0.05) is 30.3 Å². The molecule has 2 rings (SSSR count). The molecule has 9 heteroatoms. The van der Waals surface area contributed by atoms with E-state index in [1.54, 1.807) is 0 Å². The van der Waals surface area contributed by atoms with Gasteiger partial charge in [-0.05, 0) is 12.0 Å². The van der Waals surface area contributed by atoms with Gasteiger partial charge in [0.2, 0.25) is 5.82 Å². The van der Waals surface area contributed by atoms with Gasteiger partial charge in [0.05, 0.1) is 6.10 Å². The third-order valence-electron chi connectivity index (χ3n) is 3.49. The molecule has 4 N–H and O–H groups in total. The van der Waals surface area contributed by atoms with Gasteiger partial charge in [0.1, 0.15) is 12.7 Å². The number of carbonyl (C=O) groups is 2. The normalized spacial score (nSPS) is 12.8. The van der Waals surface area contributed by atoms with E-state index in [1.165, 1.54) is 0 Å². The van der Waals surface area contributed by atoms with Crippen LogP contribution in [0.4, 0.5) is 4.79 Å². The van der Waals surface area contributed by atoms with E-state index in [0.717, 1.165) is 18.0 Å². The number of ether oxygens (including phenoxy) is 1. The predicted octanol–water partition coefficient (Wildman–Crippen LogP) is 0.886. The van der Waals surface area contributed by atoms with Crippen molar-refractivity contribution in [1.82, 2.24) is 15.3 Å². The summed E-state index contributed by atoms with van der Waals surface area (Å²) in [6.07, 6.45) is -0.812. The molecule has 2 atom stereocenters. The van der Waals surface area contributed by atoms with Gasteiger partial charge >= 0.3 is 12.1 Å². The van der Waals surface area contributed by atoms with Crippen LogP contribution in [0.25, 0.3) is 0 Å². The zero-order valence-electron chi connectivity index (χ0n) is 13.8. The molecule has 1 aromatic heterocycles. The Morgan fingerprint density at radius 1 is 1.12 bits per heavy atom. The summed E-state index contributed by atoms with van der Waals surface area (Å²) < 4.78 is 5.02. The average molecular weight is 361 g/mol. The largest absolute Gasteiger partial charge is 0.475 e. The summed E-state index contributed by atoms with van der Waals surface area (Å²) in [5.74, 6) is -1.69. The number of aliphatic hydroxyl groups is 2. The first-order valence-electron chi connectivity index (χ1n) is 7.83. The lowest BCUT2D eigenvalue weighted by Gasteiger charge is -2.17. The topological polar surface area (TPSA) is 142 Å². The lowest BCUT2D eigenvalue weighted by Crippen LogP contribution is -2.29. The number of carboxylic acid groups (broad SMARTS) is 1. The van der Waals surface area contributed by atoms with Crippen molar-refractivity contribution in [2.24, 2.45) is 0 Å². The molecule has 2 aromatic rings. The second kappa shape index (κ2) is 9.44. The number of aromatic carboxylic acids is 1. The van der Waals surface area contributed by atoms with Crippen molar-refractivity contribution < 1.29 is 29.6 Å². The molecule has 1 aromatic carbocycles. The Hall–Kier alpha value is -3.04. The standard InChI is InChI=1S/C17H19N3O6/c21-13(14(22)12-8-19-15(16(23)24)20-9-12)6-7-18-17(25)26-10-11-4-2-1-3-5-11/h1-5,8-9,13-14,21-22H,6-7,10H2,(H,18,25)(H,23,24). The summed E-state index contributed by atoms with van der Waals surface area (Å²) in [5.41, 5.74) is 1.03. The van der Waals surface area contributed by atoms with Gasteiger partial charge in [0.25, 0.3) is 0 Å². The summed E-state index contributed by atoms with van der Waals surface area (Å²) in [6.45, 7) is 0.213. The fourth-order valence-corrected chi connectivity index (χ4v) is 2.08. The van der Waals surface area contributed by atoms with Crippen molar-refractivity contribution >= 4 is 12.1 Å². The van der Waals surface area contributed by atoms with Crippen molar-refractivity contribution in [3.05, 3.63) is 59.7 Å². The Morgan fingerprint density at radius 2 is 1.77 bits per heavy atom. The molecule has 0 aliphatic carbocycles. The minimum absolute atomic E-state index is 0.0578. The Bertz CT molecular complexity index is 723. The van der Waals surface area contributed by atoms with Gasteiger partial charge in [-0.25, -0.2) is 19.6 Å². The highest BCUT2D eigenvalue weighted by atomic mass is 16.5. The number of aromatic nitrogens is 2. The van der Waals surface area contributed by atoms with Crippen LogP contribution < -0.4 is 5.32 Å². The van der Waals surface area contributed by atoms with E-state index in [0.29, 0.717) is 0 Å². The summed E-state index contributed by atoms with van der Waals surface area (Å²) in [5, 5.41) is 31.2. The molecule has 0 radical (unpaired) electrons. The minimum Gasteiger partial charge on any atom is -0.475 e. The molecule has 0 fully saturated rings. The number of amides is 1. The lowest BCUT2D eigenvalue weighted by molar-refractivity contribution is 0.0132. The van der Waals surface area contributed by atoms with Crippen LogP contribution in [-0.4, -0.2) is 50.0 Å². The first-order chi connectivity index (χ1) is 12.5. The van der Waals surface area contributed by atoms with E-state index >= 15 is 0 Å². The SMILES string of the molecule is O=C(NCCC(O)C(O)c1cnc(C(=O)O)nc1)OCc1ccccc1. The van der Waals surface area contributed by atoms with Crippen LogP contribution in [-0.2, 0) is 11.3 Å². The van der Waals surface area contributed by atoms with Gasteiger partial charge in [-0.15, -0.1) is 0 Å². The fraction of sp³-hybridized carbons (Fsp3) is 0.294. The third-order valence-corrected chi connectivity index (χ3v) is 3.49. The average Bonchev–Trinajstić information content (AvgIpc) is 2.66. The van der Waals surface area contributed by atoms with Gasteiger partial charge in [-0.2, -0.15) is 0 Å². The van der Waals surface area contributed by atoms with Gasteiger partial charge in [0.15, 0.2) is 0 Å². The first kappa shape index (κ1) is 19.3. The Morgan fingerprint density at radius 3 is 2.38 bits per heavy atom.